The van der Waals surface area contributed by atoms with Gasteiger partial charge in [0.05, 0.1) is 29.3 Å². The van der Waals surface area contributed by atoms with Gasteiger partial charge in [-0.2, -0.15) is 10.2 Å². The fourth-order valence-electron chi connectivity index (χ4n) is 2.53. The van der Waals surface area contributed by atoms with E-state index in [1.165, 1.54) is 18.3 Å². The number of nitrogens with zero attached hydrogens (tertiary/aromatic N) is 4. The molecule has 0 radical (unpaired) electrons. The van der Waals surface area contributed by atoms with E-state index in [4.69, 9.17) is 4.74 Å². The van der Waals surface area contributed by atoms with Crippen LogP contribution >= 0.6 is 15.9 Å². The monoisotopic (exact) mass is 457 g/mol. The molecule has 29 heavy (non-hydrogen) atoms. The van der Waals surface area contributed by atoms with Gasteiger partial charge in [0.25, 0.3) is 11.6 Å². The zero-order valence-corrected chi connectivity index (χ0v) is 16.9. The fourth-order valence-corrected chi connectivity index (χ4v) is 3.02. The molecular weight excluding hydrogens is 442 g/mol. The Morgan fingerprint density at radius 2 is 2.03 bits per heavy atom. The number of hydrogen-bond donors (Lipinski definition) is 1. The fraction of sp³-hybridized carbons (Fsp3) is 0.105. The lowest BCUT2D eigenvalue weighted by atomic mass is 10.2. The highest BCUT2D eigenvalue weighted by Crippen LogP contribution is 2.18. The van der Waals surface area contributed by atoms with Crippen LogP contribution in [0.15, 0.2) is 64.3 Å². The van der Waals surface area contributed by atoms with Gasteiger partial charge in [0, 0.05) is 23.9 Å². The number of amides is 1. The first-order chi connectivity index (χ1) is 14.0. The topological polar surface area (TPSA) is 112 Å². The molecule has 0 spiro atoms. The summed E-state index contributed by atoms with van der Waals surface area (Å²) in [7, 11) is 1.56. The van der Waals surface area contributed by atoms with Crippen LogP contribution in [0.2, 0.25) is 0 Å². The number of nitro groups is 1. The molecule has 0 atom stereocenters. The lowest BCUT2D eigenvalue weighted by Crippen LogP contribution is -2.19. The van der Waals surface area contributed by atoms with Gasteiger partial charge < -0.3 is 4.74 Å². The van der Waals surface area contributed by atoms with E-state index in [2.05, 4.69) is 31.6 Å². The second-order valence-electron chi connectivity index (χ2n) is 5.89. The molecule has 1 aromatic heterocycles. The number of aromatic nitrogens is 2. The quantitative estimate of drug-likeness (QED) is 0.332. The summed E-state index contributed by atoms with van der Waals surface area (Å²) >= 11 is 3.32. The molecule has 0 saturated carbocycles. The molecule has 0 aliphatic rings. The van der Waals surface area contributed by atoms with Crippen LogP contribution in [0.5, 0.6) is 5.75 Å². The van der Waals surface area contributed by atoms with Crippen LogP contribution in [0.1, 0.15) is 21.6 Å². The van der Waals surface area contributed by atoms with Crippen molar-refractivity contribution >= 4 is 33.7 Å². The zero-order valence-electron chi connectivity index (χ0n) is 15.3. The standard InChI is InChI=1S/C19H16BrN5O4/c1-29-17-5-3-2-4-14(17)10-21-22-19(26)18-16(20)12-24(23-18)11-13-6-8-15(9-7-13)25(27)28/h2-10,12H,11H2,1H3,(H,22,26)/b21-10+. The summed E-state index contributed by atoms with van der Waals surface area (Å²) in [5.41, 5.74) is 4.15. The molecule has 0 aliphatic carbocycles. The minimum atomic E-state index is -0.481. The molecule has 3 aromatic rings. The number of nitrogens with one attached hydrogen (secondary N) is 1. The number of non-ortho nitro benzene ring substituents is 1. The van der Waals surface area contributed by atoms with E-state index in [-0.39, 0.29) is 11.4 Å². The van der Waals surface area contributed by atoms with Crippen molar-refractivity contribution in [3.05, 3.63) is 86.1 Å². The van der Waals surface area contributed by atoms with Crippen LogP contribution in [0, 0.1) is 10.1 Å². The number of hydrazone groups is 1. The third-order valence-electron chi connectivity index (χ3n) is 3.93. The highest BCUT2D eigenvalue weighted by Gasteiger charge is 2.15. The Morgan fingerprint density at radius 3 is 2.72 bits per heavy atom. The molecule has 2 aromatic carbocycles. The summed E-state index contributed by atoms with van der Waals surface area (Å²) in [6.07, 6.45) is 3.14. The second-order valence-corrected chi connectivity index (χ2v) is 6.74. The maximum atomic E-state index is 12.4. The van der Waals surface area contributed by atoms with E-state index in [9.17, 15) is 14.9 Å². The Balaban J connectivity index is 1.66. The minimum Gasteiger partial charge on any atom is -0.496 e. The molecule has 0 saturated heterocycles. The molecule has 9 nitrogen and oxygen atoms in total. The SMILES string of the molecule is COc1ccccc1/C=N/NC(=O)c1nn(Cc2ccc([N+](=O)[O-])cc2)cc1Br. The number of halogens is 1. The number of rotatable bonds is 7. The van der Waals surface area contributed by atoms with E-state index in [1.807, 2.05) is 18.2 Å². The predicted octanol–water partition coefficient (Wildman–Crippen LogP) is 3.37. The third kappa shape index (κ3) is 5.05. The molecule has 1 amide bonds. The van der Waals surface area contributed by atoms with Crippen molar-refractivity contribution in [2.75, 3.05) is 7.11 Å². The lowest BCUT2D eigenvalue weighted by Gasteiger charge is -2.03. The molecule has 3 rings (SSSR count). The average Bonchev–Trinajstić information content (AvgIpc) is 3.08. The minimum absolute atomic E-state index is 0.0170. The largest absolute Gasteiger partial charge is 0.496 e. The number of carbonyl (C=O) groups excluding carboxylic acids is 1. The number of methoxy groups -OCH3 is 1. The van der Waals surface area contributed by atoms with E-state index >= 15 is 0 Å². The zero-order chi connectivity index (χ0) is 20.8. The highest BCUT2D eigenvalue weighted by molar-refractivity contribution is 9.10. The first-order valence-electron chi connectivity index (χ1n) is 8.40. The van der Waals surface area contributed by atoms with Crippen LogP contribution in [0.25, 0.3) is 0 Å². The number of carbonyl (C=O) groups is 1. The van der Waals surface area contributed by atoms with Gasteiger partial charge in [-0.1, -0.05) is 24.3 Å². The predicted molar refractivity (Wildman–Crippen MR) is 110 cm³/mol. The summed E-state index contributed by atoms with van der Waals surface area (Å²) in [6, 6.07) is 13.4. The van der Waals surface area contributed by atoms with E-state index in [1.54, 1.807) is 36.2 Å². The maximum absolute atomic E-state index is 12.4. The molecule has 0 fully saturated rings. The smallest absolute Gasteiger partial charge is 0.293 e. The first-order valence-corrected chi connectivity index (χ1v) is 9.20. The van der Waals surface area contributed by atoms with Crippen LogP contribution in [0.3, 0.4) is 0 Å². The normalized spacial score (nSPS) is 10.8. The van der Waals surface area contributed by atoms with Gasteiger partial charge in [0.1, 0.15) is 5.75 Å². The Kier molecular flexibility index (Phi) is 6.35. The van der Waals surface area contributed by atoms with Crippen molar-refractivity contribution in [2.24, 2.45) is 5.10 Å². The number of ether oxygens (including phenoxy) is 1. The Morgan fingerprint density at radius 1 is 1.31 bits per heavy atom. The summed E-state index contributed by atoms with van der Waals surface area (Å²) < 4.78 is 7.29. The van der Waals surface area contributed by atoms with Crippen LogP contribution in [0.4, 0.5) is 5.69 Å². The van der Waals surface area contributed by atoms with E-state index in [0.29, 0.717) is 16.8 Å². The third-order valence-corrected chi connectivity index (χ3v) is 4.51. The molecule has 1 heterocycles. The molecule has 1 N–H and O–H groups in total. The summed E-state index contributed by atoms with van der Waals surface area (Å²) in [5, 5.41) is 18.9. The van der Waals surface area contributed by atoms with Gasteiger partial charge in [0.15, 0.2) is 5.69 Å². The lowest BCUT2D eigenvalue weighted by molar-refractivity contribution is -0.384. The summed E-state index contributed by atoms with van der Waals surface area (Å²) in [6.45, 7) is 0.356. The van der Waals surface area contributed by atoms with Crippen molar-refractivity contribution in [2.45, 2.75) is 6.54 Å². The Labute approximate surface area is 174 Å². The molecule has 10 heteroatoms. The van der Waals surface area contributed by atoms with Gasteiger partial charge in [-0.05, 0) is 33.6 Å². The molecule has 0 aliphatic heterocycles. The van der Waals surface area contributed by atoms with Crippen molar-refractivity contribution in [3.63, 3.8) is 0 Å². The van der Waals surface area contributed by atoms with Crippen molar-refractivity contribution < 1.29 is 14.5 Å². The van der Waals surface area contributed by atoms with Crippen molar-refractivity contribution in [1.29, 1.82) is 0 Å². The van der Waals surface area contributed by atoms with Gasteiger partial charge >= 0.3 is 0 Å². The van der Waals surface area contributed by atoms with Crippen LogP contribution in [-0.4, -0.2) is 33.9 Å². The maximum Gasteiger partial charge on any atom is 0.293 e. The molecule has 0 bridgehead atoms. The molecule has 0 unspecified atom stereocenters. The van der Waals surface area contributed by atoms with Gasteiger partial charge in [-0.25, -0.2) is 5.43 Å². The van der Waals surface area contributed by atoms with Crippen molar-refractivity contribution in [1.82, 2.24) is 15.2 Å². The summed E-state index contributed by atoms with van der Waals surface area (Å²) in [5.74, 6) is 0.157. The summed E-state index contributed by atoms with van der Waals surface area (Å²) in [4.78, 5) is 22.6. The van der Waals surface area contributed by atoms with Crippen LogP contribution in [-0.2, 0) is 6.54 Å². The van der Waals surface area contributed by atoms with Crippen molar-refractivity contribution in [3.8, 4) is 5.75 Å². The number of hydrogen-bond acceptors (Lipinski definition) is 6. The number of nitro benzene ring substituents is 1. The number of benzene rings is 2. The van der Waals surface area contributed by atoms with E-state index < -0.39 is 10.8 Å². The molecular formula is C19H16BrN5O4. The van der Waals surface area contributed by atoms with Gasteiger partial charge in [-0.15, -0.1) is 0 Å². The Bertz CT molecular complexity index is 1060. The molecule has 148 valence electrons. The average molecular weight is 458 g/mol. The van der Waals surface area contributed by atoms with E-state index in [0.717, 1.165) is 11.1 Å². The van der Waals surface area contributed by atoms with Gasteiger partial charge in [0.2, 0.25) is 0 Å². The second kappa shape index (κ2) is 9.11. The van der Waals surface area contributed by atoms with Crippen LogP contribution < -0.4 is 10.2 Å². The Hall–Kier alpha value is -3.53. The number of para-hydroxylation sites is 1. The van der Waals surface area contributed by atoms with Gasteiger partial charge in [-0.3, -0.25) is 19.6 Å². The highest BCUT2D eigenvalue weighted by atomic mass is 79.9. The first kappa shape index (κ1) is 20.2.